The van der Waals surface area contributed by atoms with E-state index < -0.39 is 17.3 Å². The predicted octanol–water partition coefficient (Wildman–Crippen LogP) is 6.10. The van der Waals surface area contributed by atoms with E-state index >= 15 is 0 Å². The smallest absolute Gasteiger partial charge is 0.332 e. The van der Waals surface area contributed by atoms with Crippen molar-refractivity contribution < 1.29 is 22.8 Å². The van der Waals surface area contributed by atoms with Gasteiger partial charge in [0, 0.05) is 29.2 Å². The summed E-state index contributed by atoms with van der Waals surface area (Å²) < 4.78 is 39.4. The van der Waals surface area contributed by atoms with Crippen LogP contribution in [-0.4, -0.2) is 23.8 Å². The van der Waals surface area contributed by atoms with E-state index in [9.17, 15) is 22.8 Å². The van der Waals surface area contributed by atoms with Gasteiger partial charge in [-0.2, -0.15) is 13.2 Å². The lowest BCUT2D eigenvalue weighted by Gasteiger charge is -2.43. The number of alkyl halides is 3. The highest BCUT2D eigenvalue weighted by Gasteiger charge is 2.50. The molecule has 4 nitrogen and oxygen atoms in total. The number of rotatable bonds is 3. The van der Waals surface area contributed by atoms with Crippen LogP contribution in [0.15, 0.2) is 42.5 Å². The second-order valence-electron chi connectivity index (χ2n) is 8.78. The molecule has 2 aromatic rings. The summed E-state index contributed by atoms with van der Waals surface area (Å²) in [5.41, 5.74) is 0.0497. The van der Waals surface area contributed by atoms with Gasteiger partial charge in [0.25, 0.3) is 5.91 Å². The lowest BCUT2D eigenvalue weighted by molar-refractivity contribution is -0.137. The van der Waals surface area contributed by atoms with Crippen LogP contribution in [0.25, 0.3) is 0 Å². The number of carbonyl (C=O) groups is 2. The molecule has 0 aromatic heterocycles. The van der Waals surface area contributed by atoms with E-state index in [0.717, 1.165) is 12.1 Å². The molecule has 0 bridgehead atoms. The highest BCUT2D eigenvalue weighted by atomic mass is 35.5. The third-order valence-corrected chi connectivity index (χ3v) is 7.37. The van der Waals surface area contributed by atoms with E-state index in [0.29, 0.717) is 42.0 Å². The number of hydrogen-bond acceptors (Lipinski definition) is 2. The average molecular weight is 465 g/mol. The molecule has 32 heavy (non-hydrogen) atoms. The third kappa shape index (κ3) is 3.87. The minimum absolute atomic E-state index is 0.0839. The monoisotopic (exact) mass is 464 g/mol. The summed E-state index contributed by atoms with van der Waals surface area (Å²) in [6.07, 6.45) is -1.87. The Morgan fingerprint density at radius 3 is 2.38 bits per heavy atom. The van der Waals surface area contributed by atoms with Crippen molar-refractivity contribution in [3.63, 3.8) is 0 Å². The lowest BCUT2D eigenvalue weighted by Crippen LogP contribution is -2.45. The zero-order valence-corrected chi connectivity index (χ0v) is 18.6. The van der Waals surface area contributed by atoms with Crippen LogP contribution in [0.1, 0.15) is 54.1 Å². The number of carbonyl (C=O) groups excluding carboxylic acids is 2. The topological polar surface area (TPSA) is 49.4 Å². The highest BCUT2D eigenvalue weighted by molar-refractivity contribution is 6.30. The van der Waals surface area contributed by atoms with Gasteiger partial charge in [0.1, 0.15) is 0 Å². The van der Waals surface area contributed by atoms with Gasteiger partial charge < -0.3 is 10.2 Å². The second-order valence-corrected chi connectivity index (χ2v) is 9.21. The lowest BCUT2D eigenvalue weighted by atomic mass is 9.69. The normalized spacial score (nSPS) is 23.9. The fourth-order valence-corrected chi connectivity index (χ4v) is 5.21. The molecule has 1 aliphatic carbocycles. The van der Waals surface area contributed by atoms with Crippen LogP contribution in [0.3, 0.4) is 0 Å². The van der Waals surface area contributed by atoms with Crippen LogP contribution >= 0.6 is 11.6 Å². The van der Waals surface area contributed by atoms with Crippen molar-refractivity contribution in [3.8, 4) is 0 Å². The van der Waals surface area contributed by atoms with Gasteiger partial charge in [0.2, 0.25) is 5.91 Å². The van der Waals surface area contributed by atoms with E-state index in [2.05, 4.69) is 5.32 Å². The van der Waals surface area contributed by atoms with E-state index in [1.807, 2.05) is 6.92 Å². The molecule has 1 heterocycles. The van der Waals surface area contributed by atoms with Gasteiger partial charge in [0.15, 0.2) is 0 Å². The average Bonchev–Trinajstić information content (AvgIpc) is 2.96. The van der Waals surface area contributed by atoms with Crippen LogP contribution in [-0.2, 0) is 16.5 Å². The maximum atomic E-state index is 13.1. The Kier molecular flexibility index (Phi) is 5.74. The summed E-state index contributed by atoms with van der Waals surface area (Å²) in [4.78, 5) is 27.1. The number of nitrogens with one attached hydrogen (secondary N) is 1. The van der Waals surface area contributed by atoms with Gasteiger partial charge in [0.05, 0.1) is 11.1 Å². The maximum absolute atomic E-state index is 13.1. The van der Waals surface area contributed by atoms with Crippen LogP contribution < -0.4 is 5.32 Å². The molecule has 0 radical (unpaired) electrons. The van der Waals surface area contributed by atoms with E-state index in [1.165, 1.54) is 6.07 Å². The molecule has 8 heteroatoms. The molecule has 2 aliphatic rings. The molecule has 4 rings (SSSR count). The minimum Gasteiger partial charge on any atom is -0.332 e. The first-order chi connectivity index (χ1) is 15.0. The first-order valence-electron chi connectivity index (χ1n) is 10.6. The number of anilines is 1. The van der Waals surface area contributed by atoms with Gasteiger partial charge in [-0.05, 0) is 73.6 Å². The van der Waals surface area contributed by atoms with Gasteiger partial charge in [-0.15, -0.1) is 0 Å². The van der Waals surface area contributed by atoms with Crippen molar-refractivity contribution >= 4 is 29.1 Å². The largest absolute Gasteiger partial charge is 0.416 e. The highest BCUT2D eigenvalue weighted by Crippen LogP contribution is 2.51. The van der Waals surface area contributed by atoms with Crippen LogP contribution in [0.2, 0.25) is 5.02 Å². The molecule has 1 fully saturated rings. The van der Waals surface area contributed by atoms with Crippen molar-refractivity contribution in [2.24, 2.45) is 11.8 Å². The Morgan fingerprint density at radius 2 is 1.78 bits per heavy atom. The number of amides is 2. The molecule has 1 atom stereocenters. The van der Waals surface area contributed by atoms with Crippen molar-refractivity contribution in [1.82, 2.24) is 4.90 Å². The maximum Gasteiger partial charge on any atom is 0.416 e. The number of fused-ring (bicyclic) bond motifs is 2. The van der Waals surface area contributed by atoms with E-state index in [-0.39, 0.29) is 29.2 Å². The molecule has 1 N–H and O–H groups in total. The number of hydrogen-bond donors (Lipinski definition) is 1. The zero-order valence-electron chi connectivity index (χ0n) is 17.8. The molecular weight excluding hydrogens is 441 g/mol. The quantitative estimate of drug-likeness (QED) is 0.596. The Hall–Kier alpha value is -2.54. The third-order valence-electron chi connectivity index (χ3n) is 7.12. The second kappa shape index (κ2) is 8.10. The van der Waals surface area contributed by atoms with Crippen molar-refractivity contribution in [1.29, 1.82) is 0 Å². The van der Waals surface area contributed by atoms with Crippen molar-refractivity contribution in [2.45, 2.75) is 44.3 Å². The molecule has 2 aromatic carbocycles. The predicted molar refractivity (Wildman–Crippen MR) is 116 cm³/mol. The minimum atomic E-state index is -4.49. The molecule has 1 saturated carbocycles. The zero-order chi connectivity index (χ0) is 23.3. The summed E-state index contributed by atoms with van der Waals surface area (Å²) in [5.74, 6) is -0.579. The molecule has 1 spiro atoms. The van der Waals surface area contributed by atoms with Gasteiger partial charge in [-0.25, -0.2) is 0 Å². The van der Waals surface area contributed by atoms with E-state index in [1.54, 1.807) is 36.2 Å². The van der Waals surface area contributed by atoms with E-state index in [4.69, 9.17) is 11.6 Å². The number of nitrogens with zero attached hydrogens (tertiary/aromatic N) is 1. The van der Waals surface area contributed by atoms with Gasteiger partial charge >= 0.3 is 6.18 Å². The SMILES string of the molecule is C[C@@H](C(=O)Nc1ccc(Cl)cc1)C1CCC2(CC1)c1ccc(C(F)(F)F)cc1C(=O)N2C. The molecule has 1 aliphatic heterocycles. The van der Waals surface area contributed by atoms with Crippen LogP contribution in [0.5, 0.6) is 0 Å². The number of benzene rings is 2. The molecule has 0 saturated heterocycles. The summed E-state index contributed by atoms with van der Waals surface area (Å²) in [7, 11) is 1.66. The van der Waals surface area contributed by atoms with Crippen LogP contribution in [0, 0.1) is 11.8 Å². The summed E-state index contributed by atoms with van der Waals surface area (Å²) in [5, 5.41) is 3.50. The summed E-state index contributed by atoms with van der Waals surface area (Å²) in [6, 6.07) is 10.4. The first kappa shape index (κ1) is 22.6. The summed E-state index contributed by atoms with van der Waals surface area (Å²) in [6.45, 7) is 1.89. The van der Waals surface area contributed by atoms with Gasteiger partial charge in [-0.3, -0.25) is 9.59 Å². The fraction of sp³-hybridized carbons (Fsp3) is 0.417. The number of halogens is 4. The Bertz CT molecular complexity index is 1040. The molecular formula is C24H24ClF3N2O2. The standard InChI is InChI=1S/C24H24ClF3N2O2/c1-14(21(31)29-18-6-4-17(25)5-7-18)15-9-11-23(12-10-15)20-8-3-16(24(26,27)28)13-19(20)22(32)30(23)2/h3-8,13-15H,9-12H2,1-2H3,(H,29,31)/t14-,15?,23?/m1/s1. The van der Waals surface area contributed by atoms with Crippen molar-refractivity contribution in [2.75, 3.05) is 12.4 Å². The molecule has 170 valence electrons. The summed E-state index contributed by atoms with van der Waals surface area (Å²) >= 11 is 5.88. The Balaban J connectivity index is 1.48. The van der Waals surface area contributed by atoms with Gasteiger partial charge in [-0.1, -0.05) is 24.6 Å². The van der Waals surface area contributed by atoms with Crippen LogP contribution in [0.4, 0.5) is 18.9 Å². The molecule has 0 unspecified atom stereocenters. The Labute approximate surface area is 189 Å². The first-order valence-corrected chi connectivity index (χ1v) is 11.0. The van der Waals surface area contributed by atoms with Crippen molar-refractivity contribution in [3.05, 3.63) is 64.2 Å². The molecule has 2 amide bonds. The Morgan fingerprint density at radius 1 is 1.16 bits per heavy atom. The fourth-order valence-electron chi connectivity index (χ4n) is 5.08.